The molecule has 2 aromatic rings. The number of nitrogens with one attached hydrogen (secondary N) is 1. The normalized spacial score (nSPS) is 17.3. The van der Waals surface area contributed by atoms with Crippen LogP contribution in [0.3, 0.4) is 0 Å². The number of aromatic nitrogens is 2. The first-order valence-corrected chi connectivity index (χ1v) is 7.38. The second-order valence-electron chi connectivity index (χ2n) is 4.33. The summed E-state index contributed by atoms with van der Waals surface area (Å²) < 4.78 is 11.1. The largest absolute Gasteiger partial charge is 0.480 e. The lowest BCUT2D eigenvalue weighted by atomic mass is 10.3. The average molecular weight is 289 g/mol. The van der Waals surface area contributed by atoms with Crippen molar-refractivity contribution in [3.8, 4) is 5.75 Å². The minimum atomic E-state index is -0.160. The molecule has 0 spiro atoms. The van der Waals surface area contributed by atoms with E-state index in [-0.39, 0.29) is 6.10 Å². The van der Waals surface area contributed by atoms with Gasteiger partial charge in [0, 0.05) is 17.2 Å². The van der Waals surface area contributed by atoms with Crippen LogP contribution in [0.4, 0.5) is 0 Å². The Morgan fingerprint density at radius 2 is 2.35 bits per heavy atom. The molecular weight excluding hydrogens is 274 g/mol. The van der Waals surface area contributed by atoms with E-state index >= 15 is 0 Å². The zero-order valence-corrected chi connectivity index (χ0v) is 11.7. The zero-order chi connectivity index (χ0) is 13.8. The van der Waals surface area contributed by atoms with Crippen LogP contribution in [0.2, 0.25) is 0 Å². The van der Waals surface area contributed by atoms with Crippen LogP contribution < -0.4 is 10.1 Å². The number of para-hydroxylation sites is 1. The van der Waals surface area contributed by atoms with Crippen molar-refractivity contribution in [1.82, 2.24) is 15.5 Å². The van der Waals surface area contributed by atoms with Crippen LogP contribution in [0.15, 0.2) is 46.3 Å². The molecule has 1 aromatic carbocycles. The minimum Gasteiger partial charge on any atom is -0.480 e. The number of nitrogens with zero attached hydrogens (tertiary/aromatic N) is 2. The predicted octanol–water partition coefficient (Wildman–Crippen LogP) is 2.57. The summed E-state index contributed by atoms with van der Waals surface area (Å²) in [5, 5.41) is 7.12. The van der Waals surface area contributed by atoms with Crippen LogP contribution in [0, 0.1) is 0 Å². The third-order valence-corrected chi connectivity index (χ3v) is 3.96. The number of benzene rings is 1. The van der Waals surface area contributed by atoms with Crippen molar-refractivity contribution >= 4 is 11.8 Å². The number of fused-ring (bicyclic) bond motifs is 1. The molecule has 20 heavy (non-hydrogen) atoms. The van der Waals surface area contributed by atoms with Gasteiger partial charge in [-0.3, -0.25) is 0 Å². The van der Waals surface area contributed by atoms with Crippen molar-refractivity contribution in [2.75, 3.05) is 12.3 Å². The van der Waals surface area contributed by atoms with E-state index in [0.29, 0.717) is 24.8 Å². The second kappa shape index (κ2) is 6.11. The highest BCUT2D eigenvalue weighted by Gasteiger charge is 2.25. The summed E-state index contributed by atoms with van der Waals surface area (Å²) in [6, 6.07) is 7.98. The van der Waals surface area contributed by atoms with E-state index in [1.165, 1.54) is 0 Å². The van der Waals surface area contributed by atoms with Gasteiger partial charge in [-0.2, -0.15) is 4.98 Å². The van der Waals surface area contributed by atoms with E-state index in [1.807, 2.05) is 18.2 Å². The maximum absolute atomic E-state index is 5.91. The van der Waals surface area contributed by atoms with Gasteiger partial charge in [-0.05, 0) is 12.1 Å². The minimum absolute atomic E-state index is 0.160. The molecule has 1 aromatic heterocycles. The predicted molar refractivity (Wildman–Crippen MR) is 76.7 cm³/mol. The molecule has 0 amide bonds. The molecule has 5 nitrogen and oxygen atoms in total. The molecule has 1 unspecified atom stereocenters. The van der Waals surface area contributed by atoms with Crippen LogP contribution >= 0.6 is 11.8 Å². The fourth-order valence-corrected chi connectivity index (χ4v) is 2.88. The quantitative estimate of drug-likeness (QED) is 0.674. The Bertz CT molecular complexity index is 600. The summed E-state index contributed by atoms with van der Waals surface area (Å²) in [6.45, 7) is 4.89. The van der Waals surface area contributed by atoms with Gasteiger partial charge in [0.25, 0.3) is 0 Å². The zero-order valence-electron chi connectivity index (χ0n) is 10.9. The highest BCUT2D eigenvalue weighted by molar-refractivity contribution is 7.99. The fraction of sp³-hybridized carbons (Fsp3) is 0.286. The standard InChI is InChI=1S/C14H15N3O2S/c1-2-7-15-8-13-16-14(17-19-13)11-9-20-12-6-4-3-5-10(12)18-11/h2-6,11,15H,1,7-9H2. The van der Waals surface area contributed by atoms with Crippen molar-refractivity contribution < 1.29 is 9.26 Å². The third-order valence-electron chi connectivity index (χ3n) is 2.85. The molecule has 0 saturated carbocycles. The molecule has 1 atom stereocenters. The molecule has 1 aliphatic heterocycles. The molecule has 1 aliphatic rings. The summed E-state index contributed by atoms with van der Waals surface area (Å²) in [7, 11) is 0. The van der Waals surface area contributed by atoms with E-state index in [1.54, 1.807) is 17.8 Å². The summed E-state index contributed by atoms with van der Waals surface area (Å²) in [4.78, 5) is 5.52. The Hall–Kier alpha value is -1.79. The van der Waals surface area contributed by atoms with Crippen molar-refractivity contribution in [2.45, 2.75) is 17.5 Å². The van der Waals surface area contributed by atoms with Gasteiger partial charge in [0.15, 0.2) is 6.10 Å². The maximum atomic E-state index is 5.91. The van der Waals surface area contributed by atoms with E-state index in [9.17, 15) is 0 Å². The number of ether oxygens (including phenoxy) is 1. The summed E-state index contributed by atoms with van der Waals surface area (Å²) in [5.74, 6) is 2.83. The molecule has 0 aliphatic carbocycles. The maximum Gasteiger partial charge on any atom is 0.240 e. The Morgan fingerprint density at radius 3 is 3.25 bits per heavy atom. The highest BCUT2D eigenvalue weighted by Crippen LogP contribution is 2.39. The molecule has 0 bridgehead atoms. The second-order valence-corrected chi connectivity index (χ2v) is 5.39. The first kappa shape index (κ1) is 13.2. The lowest BCUT2D eigenvalue weighted by Crippen LogP contribution is -2.17. The number of hydrogen-bond acceptors (Lipinski definition) is 6. The first-order valence-electron chi connectivity index (χ1n) is 6.39. The van der Waals surface area contributed by atoms with Crippen LogP contribution in [-0.4, -0.2) is 22.4 Å². The third kappa shape index (κ3) is 2.86. The number of thioether (sulfide) groups is 1. The summed E-state index contributed by atoms with van der Waals surface area (Å²) in [6.07, 6.45) is 1.63. The molecule has 1 N–H and O–H groups in total. The van der Waals surface area contributed by atoms with Gasteiger partial charge < -0.3 is 14.6 Å². The van der Waals surface area contributed by atoms with Crippen molar-refractivity contribution in [3.63, 3.8) is 0 Å². The van der Waals surface area contributed by atoms with Crippen LogP contribution in [-0.2, 0) is 6.54 Å². The summed E-state index contributed by atoms with van der Waals surface area (Å²) >= 11 is 1.75. The van der Waals surface area contributed by atoms with E-state index in [2.05, 4.69) is 28.1 Å². The Kier molecular flexibility index (Phi) is 4.03. The topological polar surface area (TPSA) is 60.2 Å². The van der Waals surface area contributed by atoms with Gasteiger partial charge in [0.05, 0.1) is 6.54 Å². The van der Waals surface area contributed by atoms with Crippen molar-refractivity contribution in [3.05, 3.63) is 48.6 Å². The SMILES string of the molecule is C=CCNCc1nc(C2CSc3ccccc3O2)no1. The molecule has 3 rings (SSSR count). The molecule has 0 saturated heterocycles. The molecule has 0 fully saturated rings. The lowest BCUT2D eigenvalue weighted by Gasteiger charge is -2.22. The molecule has 2 heterocycles. The van der Waals surface area contributed by atoms with Gasteiger partial charge >= 0.3 is 0 Å². The molecular formula is C14H15N3O2S. The highest BCUT2D eigenvalue weighted by atomic mass is 32.2. The van der Waals surface area contributed by atoms with Crippen LogP contribution in [0.25, 0.3) is 0 Å². The molecule has 6 heteroatoms. The van der Waals surface area contributed by atoms with Crippen LogP contribution in [0.5, 0.6) is 5.75 Å². The van der Waals surface area contributed by atoms with E-state index in [0.717, 1.165) is 16.4 Å². The van der Waals surface area contributed by atoms with E-state index < -0.39 is 0 Å². The van der Waals surface area contributed by atoms with Crippen molar-refractivity contribution in [2.24, 2.45) is 0 Å². The van der Waals surface area contributed by atoms with Crippen molar-refractivity contribution in [1.29, 1.82) is 0 Å². The Morgan fingerprint density at radius 1 is 1.45 bits per heavy atom. The monoisotopic (exact) mass is 289 g/mol. The average Bonchev–Trinajstić information content (AvgIpc) is 2.96. The molecule has 0 radical (unpaired) electrons. The smallest absolute Gasteiger partial charge is 0.240 e. The van der Waals surface area contributed by atoms with Gasteiger partial charge in [0.2, 0.25) is 11.7 Å². The van der Waals surface area contributed by atoms with Gasteiger partial charge in [-0.1, -0.05) is 23.4 Å². The van der Waals surface area contributed by atoms with Gasteiger partial charge in [-0.25, -0.2) is 0 Å². The number of hydrogen-bond donors (Lipinski definition) is 1. The fourth-order valence-electron chi connectivity index (χ4n) is 1.90. The number of rotatable bonds is 5. The van der Waals surface area contributed by atoms with Gasteiger partial charge in [0.1, 0.15) is 5.75 Å². The summed E-state index contributed by atoms with van der Waals surface area (Å²) in [5.41, 5.74) is 0. The first-order chi connectivity index (χ1) is 9.86. The van der Waals surface area contributed by atoms with Gasteiger partial charge in [-0.15, -0.1) is 18.3 Å². The van der Waals surface area contributed by atoms with E-state index in [4.69, 9.17) is 9.26 Å². The Balaban J connectivity index is 1.67. The van der Waals surface area contributed by atoms with Crippen LogP contribution in [0.1, 0.15) is 17.8 Å². The molecule has 104 valence electrons. The Labute approximate surface area is 121 Å². The lowest BCUT2D eigenvalue weighted by molar-refractivity contribution is 0.205.